The van der Waals surface area contributed by atoms with Gasteiger partial charge in [0.1, 0.15) is 6.54 Å². The van der Waals surface area contributed by atoms with Crippen LogP contribution in [0.4, 0.5) is 5.69 Å². The maximum absolute atomic E-state index is 12.4. The third-order valence-electron chi connectivity index (χ3n) is 4.06. The number of nitrogens with zero attached hydrogens (tertiary/aromatic N) is 1. The van der Waals surface area contributed by atoms with Crippen molar-refractivity contribution in [2.24, 2.45) is 0 Å². The second-order valence-electron chi connectivity index (χ2n) is 5.82. The topological polar surface area (TPSA) is 66.5 Å². The molecule has 2 aromatic rings. The number of benzene rings is 2. The van der Waals surface area contributed by atoms with Crippen LogP contribution < -0.4 is 5.32 Å². The van der Waals surface area contributed by atoms with Gasteiger partial charge in [0.05, 0.1) is 21.2 Å². The Morgan fingerprint density at radius 1 is 1.00 bits per heavy atom. The highest BCUT2D eigenvalue weighted by atomic mass is 35.5. The maximum atomic E-state index is 12.4. The predicted octanol–water partition coefficient (Wildman–Crippen LogP) is 3.84. The van der Waals surface area contributed by atoms with E-state index < -0.39 is 17.7 Å². The van der Waals surface area contributed by atoms with E-state index in [2.05, 4.69) is 5.32 Å². The Morgan fingerprint density at radius 2 is 1.48 bits per heavy atom. The minimum Gasteiger partial charge on any atom is -0.324 e. The molecule has 0 bridgehead atoms. The quantitative estimate of drug-likeness (QED) is 0.827. The first kappa shape index (κ1) is 17.5. The average molecular weight is 377 g/mol. The molecule has 0 spiro atoms. The molecule has 0 radical (unpaired) electrons. The first-order valence-corrected chi connectivity index (χ1v) is 8.26. The molecule has 0 aliphatic carbocycles. The van der Waals surface area contributed by atoms with Gasteiger partial charge in [-0.25, -0.2) is 0 Å². The van der Waals surface area contributed by atoms with E-state index in [0.717, 1.165) is 16.0 Å². The molecule has 0 aromatic heterocycles. The number of carbonyl (C=O) groups is 3. The van der Waals surface area contributed by atoms with E-state index in [-0.39, 0.29) is 27.7 Å². The van der Waals surface area contributed by atoms with Crippen molar-refractivity contribution in [3.63, 3.8) is 0 Å². The second-order valence-corrected chi connectivity index (χ2v) is 6.64. The molecule has 0 unspecified atom stereocenters. The number of anilines is 1. The van der Waals surface area contributed by atoms with Crippen molar-refractivity contribution < 1.29 is 14.4 Å². The normalized spacial score (nSPS) is 13.2. The molecule has 25 heavy (non-hydrogen) atoms. The highest BCUT2D eigenvalue weighted by molar-refractivity contribution is 6.43. The average Bonchev–Trinajstić information content (AvgIpc) is 2.77. The van der Waals surface area contributed by atoms with Gasteiger partial charge in [-0.15, -0.1) is 0 Å². The van der Waals surface area contributed by atoms with E-state index in [1.165, 1.54) is 12.1 Å². The molecular formula is C18H14Cl2N2O3. The predicted molar refractivity (Wildman–Crippen MR) is 96.4 cm³/mol. The van der Waals surface area contributed by atoms with Crippen LogP contribution in [0.5, 0.6) is 0 Å². The number of amides is 3. The van der Waals surface area contributed by atoms with Crippen LogP contribution in [0.2, 0.25) is 10.0 Å². The zero-order valence-corrected chi connectivity index (χ0v) is 15.0. The number of aryl methyl sites for hydroxylation is 2. The fourth-order valence-corrected chi connectivity index (χ4v) is 3.09. The summed E-state index contributed by atoms with van der Waals surface area (Å²) in [5, 5.41) is 3.13. The summed E-state index contributed by atoms with van der Waals surface area (Å²) in [7, 11) is 0. The Kier molecular flexibility index (Phi) is 4.54. The van der Waals surface area contributed by atoms with Crippen LogP contribution in [-0.2, 0) is 4.79 Å². The fourth-order valence-electron chi connectivity index (χ4n) is 2.76. The van der Waals surface area contributed by atoms with E-state index in [0.29, 0.717) is 5.69 Å². The van der Waals surface area contributed by atoms with Gasteiger partial charge < -0.3 is 5.32 Å². The van der Waals surface area contributed by atoms with Crippen molar-refractivity contribution in [3.05, 3.63) is 62.6 Å². The zero-order valence-electron chi connectivity index (χ0n) is 13.5. The van der Waals surface area contributed by atoms with Crippen molar-refractivity contribution in [2.75, 3.05) is 11.9 Å². The molecule has 0 saturated heterocycles. The van der Waals surface area contributed by atoms with Gasteiger partial charge in [0.2, 0.25) is 5.91 Å². The first-order chi connectivity index (χ1) is 11.8. The number of hydrogen-bond donors (Lipinski definition) is 1. The van der Waals surface area contributed by atoms with E-state index >= 15 is 0 Å². The molecule has 1 aliphatic rings. The second kappa shape index (κ2) is 6.50. The molecular weight excluding hydrogens is 363 g/mol. The van der Waals surface area contributed by atoms with Crippen LogP contribution >= 0.6 is 23.2 Å². The Hall–Kier alpha value is -2.37. The number of nitrogens with one attached hydrogen (secondary N) is 1. The Morgan fingerprint density at radius 3 is 1.96 bits per heavy atom. The Labute approximate surface area is 154 Å². The minimum absolute atomic E-state index is 0.152. The lowest BCUT2D eigenvalue weighted by Gasteiger charge is -2.15. The van der Waals surface area contributed by atoms with E-state index in [9.17, 15) is 14.4 Å². The summed E-state index contributed by atoms with van der Waals surface area (Å²) in [4.78, 5) is 38.1. The number of para-hydroxylation sites is 1. The maximum Gasteiger partial charge on any atom is 0.262 e. The van der Waals surface area contributed by atoms with Gasteiger partial charge in [0.25, 0.3) is 11.8 Å². The monoisotopic (exact) mass is 376 g/mol. The van der Waals surface area contributed by atoms with Gasteiger partial charge in [-0.3, -0.25) is 19.3 Å². The van der Waals surface area contributed by atoms with Gasteiger partial charge >= 0.3 is 0 Å². The van der Waals surface area contributed by atoms with Gasteiger partial charge in [0.15, 0.2) is 0 Å². The fraction of sp³-hybridized carbons (Fsp3) is 0.167. The number of hydrogen-bond acceptors (Lipinski definition) is 3. The molecule has 3 amide bonds. The Bertz CT molecular complexity index is 864. The summed E-state index contributed by atoms with van der Waals surface area (Å²) in [6, 6.07) is 8.33. The van der Waals surface area contributed by atoms with E-state index in [1.54, 1.807) is 0 Å². The van der Waals surface area contributed by atoms with Crippen LogP contribution in [0, 0.1) is 13.8 Å². The molecule has 1 heterocycles. The molecule has 0 fully saturated rings. The zero-order chi connectivity index (χ0) is 18.3. The molecule has 3 rings (SSSR count). The first-order valence-electron chi connectivity index (χ1n) is 7.51. The van der Waals surface area contributed by atoms with Crippen molar-refractivity contribution in [2.45, 2.75) is 13.8 Å². The molecule has 1 N–H and O–H groups in total. The molecule has 128 valence electrons. The summed E-state index contributed by atoms with van der Waals surface area (Å²) in [5.74, 6) is -1.57. The minimum atomic E-state index is -0.560. The summed E-state index contributed by atoms with van der Waals surface area (Å²) >= 11 is 11.8. The van der Waals surface area contributed by atoms with E-state index in [4.69, 9.17) is 23.2 Å². The van der Waals surface area contributed by atoms with Crippen molar-refractivity contribution in [3.8, 4) is 0 Å². The third kappa shape index (κ3) is 3.13. The number of carbonyl (C=O) groups excluding carboxylic acids is 3. The highest BCUT2D eigenvalue weighted by Crippen LogP contribution is 2.31. The van der Waals surface area contributed by atoms with Gasteiger partial charge in [0, 0.05) is 5.69 Å². The van der Waals surface area contributed by atoms with Crippen LogP contribution in [0.3, 0.4) is 0 Å². The number of imide groups is 1. The highest BCUT2D eigenvalue weighted by Gasteiger charge is 2.37. The van der Waals surface area contributed by atoms with Crippen molar-refractivity contribution >= 4 is 46.6 Å². The summed E-state index contributed by atoms with van der Waals surface area (Å²) in [6.45, 7) is 3.36. The van der Waals surface area contributed by atoms with Crippen LogP contribution in [0.1, 0.15) is 31.8 Å². The molecule has 1 aliphatic heterocycles. The van der Waals surface area contributed by atoms with E-state index in [1.807, 2.05) is 32.0 Å². The molecule has 5 nitrogen and oxygen atoms in total. The molecule has 7 heteroatoms. The standard InChI is InChI=1S/C18H14Cl2N2O3/c1-9-4-3-5-10(2)16(9)21-15(23)8-22-17(24)11-6-13(19)14(20)7-12(11)18(22)25/h3-7H,8H2,1-2H3,(H,21,23). The lowest BCUT2D eigenvalue weighted by atomic mass is 10.1. The molecule has 0 saturated carbocycles. The Balaban J connectivity index is 1.81. The third-order valence-corrected chi connectivity index (χ3v) is 4.78. The summed E-state index contributed by atoms with van der Waals surface area (Å²) < 4.78 is 0. The van der Waals surface area contributed by atoms with Crippen LogP contribution in [0.25, 0.3) is 0 Å². The van der Waals surface area contributed by atoms with Crippen LogP contribution in [0.15, 0.2) is 30.3 Å². The van der Waals surface area contributed by atoms with Gasteiger partial charge in [-0.1, -0.05) is 41.4 Å². The van der Waals surface area contributed by atoms with Crippen LogP contribution in [-0.4, -0.2) is 29.2 Å². The number of halogens is 2. The molecule has 0 atom stereocenters. The van der Waals surface area contributed by atoms with Crippen molar-refractivity contribution in [1.29, 1.82) is 0 Å². The smallest absolute Gasteiger partial charge is 0.262 e. The van der Waals surface area contributed by atoms with Gasteiger partial charge in [-0.05, 0) is 37.1 Å². The largest absolute Gasteiger partial charge is 0.324 e. The SMILES string of the molecule is Cc1cccc(C)c1NC(=O)CN1C(=O)c2cc(Cl)c(Cl)cc2C1=O. The van der Waals surface area contributed by atoms with Gasteiger partial charge in [-0.2, -0.15) is 0 Å². The van der Waals surface area contributed by atoms with Crippen molar-refractivity contribution in [1.82, 2.24) is 4.90 Å². The summed E-state index contributed by atoms with van der Waals surface area (Å²) in [6.07, 6.45) is 0. The number of rotatable bonds is 3. The lowest BCUT2D eigenvalue weighted by Crippen LogP contribution is -2.37. The lowest BCUT2D eigenvalue weighted by molar-refractivity contribution is -0.116. The number of fused-ring (bicyclic) bond motifs is 1. The molecule has 2 aromatic carbocycles. The summed E-state index contributed by atoms with van der Waals surface area (Å²) in [5.41, 5.74) is 2.78.